The minimum absolute atomic E-state index is 0.206. The zero-order chi connectivity index (χ0) is 16.2. The lowest BCUT2D eigenvalue weighted by Crippen LogP contribution is -2.12. The third-order valence-electron chi connectivity index (χ3n) is 3.22. The van der Waals surface area contributed by atoms with E-state index in [0.717, 1.165) is 0 Å². The summed E-state index contributed by atoms with van der Waals surface area (Å²) < 4.78 is 11.2. The lowest BCUT2D eigenvalue weighted by atomic mass is 10.2. The Balaban J connectivity index is 1.83. The maximum atomic E-state index is 12.4. The fourth-order valence-corrected chi connectivity index (χ4v) is 2.20. The van der Waals surface area contributed by atoms with Gasteiger partial charge in [0, 0.05) is 6.92 Å². The van der Waals surface area contributed by atoms with Crippen molar-refractivity contribution in [1.29, 1.82) is 0 Å². The summed E-state index contributed by atoms with van der Waals surface area (Å²) in [4.78, 5) is 16.5. The number of benzene rings is 2. The van der Waals surface area contributed by atoms with E-state index in [2.05, 4.69) is 10.3 Å². The zero-order valence-electron chi connectivity index (χ0n) is 12.9. The van der Waals surface area contributed by atoms with E-state index in [4.69, 9.17) is 9.15 Å². The van der Waals surface area contributed by atoms with Gasteiger partial charge in [0.25, 0.3) is 5.91 Å². The normalized spacial score (nSPS) is 10.3. The van der Waals surface area contributed by atoms with Gasteiger partial charge in [-0.05, 0) is 31.2 Å². The second-order valence-corrected chi connectivity index (χ2v) is 5.01. The van der Waals surface area contributed by atoms with Gasteiger partial charge in [0.15, 0.2) is 11.6 Å². The highest BCUT2D eigenvalue weighted by Crippen LogP contribution is 2.29. The van der Waals surface area contributed by atoms with Crippen molar-refractivity contribution in [3.63, 3.8) is 0 Å². The molecule has 0 spiro atoms. The second-order valence-electron chi connectivity index (χ2n) is 5.01. The van der Waals surface area contributed by atoms with Crippen molar-refractivity contribution in [3.05, 3.63) is 71.9 Å². The molecule has 0 atom stereocenters. The maximum absolute atomic E-state index is 12.4. The quantitative estimate of drug-likeness (QED) is 0.779. The summed E-state index contributed by atoms with van der Waals surface area (Å²) >= 11 is 0. The Kier molecular flexibility index (Phi) is 4.10. The molecule has 5 heteroatoms. The monoisotopic (exact) mass is 308 g/mol. The standard InChI is InChI=1S/C18H16N2O3/c1-12-17(22-13(2)19-12)18(21)20-15-10-6-7-11-16(15)23-14-8-4-3-5-9-14/h3-11H,1-2H3,(H,20,21). The minimum Gasteiger partial charge on any atom is -0.455 e. The summed E-state index contributed by atoms with van der Waals surface area (Å²) in [6.45, 7) is 3.44. The molecule has 1 N–H and O–H groups in total. The average Bonchev–Trinajstić information content (AvgIpc) is 2.89. The van der Waals surface area contributed by atoms with Crippen LogP contribution in [-0.4, -0.2) is 10.9 Å². The molecule has 0 aliphatic heterocycles. The molecular weight excluding hydrogens is 292 g/mol. The lowest BCUT2D eigenvalue weighted by Gasteiger charge is -2.11. The molecule has 1 heterocycles. The van der Waals surface area contributed by atoms with E-state index in [9.17, 15) is 4.79 Å². The summed E-state index contributed by atoms with van der Waals surface area (Å²) in [6.07, 6.45) is 0. The van der Waals surface area contributed by atoms with E-state index in [1.54, 1.807) is 26.0 Å². The molecule has 0 unspecified atom stereocenters. The molecule has 0 fully saturated rings. The topological polar surface area (TPSA) is 64.4 Å². The molecule has 0 saturated carbocycles. The SMILES string of the molecule is Cc1nc(C)c(C(=O)Nc2ccccc2Oc2ccccc2)o1. The number of ether oxygens (including phenoxy) is 1. The first kappa shape index (κ1) is 14.8. The van der Waals surface area contributed by atoms with Crippen molar-refractivity contribution in [3.8, 4) is 11.5 Å². The fraction of sp³-hybridized carbons (Fsp3) is 0.111. The fourth-order valence-electron chi connectivity index (χ4n) is 2.20. The van der Waals surface area contributed by atoms with Gasteiger partial charge in [-0.15, -0.1) is 0 Å². The van der Waals surface area contributed by atoms with Crippen LogP contribution in [0.4, 0.5) is 5.69 Å². The van der Waals surface area contributed by atoms with Crippen LogP contribution in [0.2, 0.25) is 0 Å². The average molecular weight is 308 g/mol. The van der Waals surface area contributed by atoms with Crippen molar-refractivity contribution in [2.24, 2.45) is 0 Å². The number of oxazole rings is 1. The van der Waals surface area contributed by atoms with Gasteiger partial charge in [0.2, 0.25) is 5.76 Å². The summed E-state index contributed by atoms with van der Waals surface area (Å²) in [5.74, 6) is 1.56. The van der Waals surface area contributed by atoms with Crippen LogP contribution >= 0.6 is 0 Å². The van der Waals surface area contributed by atoms with Crippen LogP contribution in [0.25, 0.3) is 0 Å². The van der Waals surface area contributed by atoms with Gasteiger partial charge in [-0.3, -0.25) is 4.79 Å². The molecule has 2 aromatic carbocycles. The van der Waals surface area contributed by atoms with Crippen LogP contribution in [-0.2, 0) is 0 Å². The molecular formula is C18H16N2O3. The first-order valence-corrected chi connectivity index (χ1v) is 7.21. The van der Waals surface area contributed by atoms with Crippen molar-refractivity contribution >= 4 is 11.6 Å². The third kappa shape index (κ3) is 3.40. The first-order chi connectivity index (χ1) is 11.1. The van der Waals surface area contributed by atoms with Gasteiger partial charge >= 0.3 is 0 Å². The van der Waals surface area contributed by atoms with E-state index in [-0.39, 0.29) is 11.7 Å². The lowest BCUT2D eigenvalue weighted by molar-refractivity contribution is 0.0994. The summed E-state index contributed by atoms with van der Waals surface area (Å²) in [5, 5.41) is 2.80. The Morgan fingerprint density at radius 2 is 1.74 bits per heavy atom. The van der Waals surface area contributed by atoms with Crippen molar-refractivity contribution < 1.29 is 13.9 Å². The van der Waals surface area contributed by atoms with Gasteiger partial charge in [0.1, 0.15) is 5.75 Å². The van der Waals surface area contributed by atoms with Crippen LogP contribution in [0.3, 0.4) is 0 Å². The number of amides is 1. The number of rotatable bonds is 4. The predicted octanol–water partition coefficient (Wildman–Crippen LogP) is 4.34. The van der Waals surface area contributed by atoms with Crippen LogP contribution in [0.15, 0.2) is 59.0 Å². The summed E-state index contributed by atoms with van der Waals surface area (Å²) in [5.41, 5.74) is 1.12. The predicted molar refractivity (Wildman–Crippen MR) is 86.9 cm³/mol. The number of carbonyl (C=O) groups excluding carboxylic acids is 1. The number of anilines is 1. The molecule has 1 aromatic heterocycles. The number of nitrogens with zero attached hydrogens (tertiary/aromatic N) is 1. The highest BCUT2D eigenvalue weighted by molar-refractivity contribution is 6.03. The van der Waals surface area contributed by atoms with Crippen molar-refractivity contribution in [1.82, 2.24) is 4.98 Å². The molecule has 3 aromatic rings. The van der Waals surface area contributed by atoms with Crippen LogP contribution in [0.1, 0.15) is 22.1 Å². The largest absolute Gasteiger partial charge is 0.455 e. The van der Waals surface area contributed by atoms with Gasteiger partial charge in [0.05, 0.1) is 11.4 Å². The Labute approximate surface area is 133 Å². The van der Waals surface area contributed by atoms with E-state index < -0.39 is 0 Å². The highest BCUT2D eigenvalue weighted by atomic mass is 16.5. The van der Waals surface area contributed by atoms with Gasteiger partial charge in [-0.2, -0.15) is 0 Å². The van der Waals surface area contributed by atoms with E-state index in [1.165, 1.54) is 0 Å². The Hall–Kier alpha value is -3.08. The number of aryl methyl sites for hydroxylation is 2. The maximum Gasteiger partial charge on any atom is 0.293 e. The van der Waals surface area contributed by atoms with Crippen LogP contribution < -0.4 is 10.1 Å². The van der Waals surface area contributed by atoms with E-state index >= 15 is 0 Å². The molecule has 0 aliphatic carbocycles. The van der Waals surface area contributed by atoms with E-state index in [0.29, 0.717) is 28.8 Å². The summed E-state index contributed by atoms with van der Waals surface area (Å²) in [7, 11) is 0. The molecule has 23 heavy (non-hydrogen) atoms. The minimum atomic E-state index is -0.354. The second kappa shape index (κ2) is 6.36. The smallest absolute Gasteiger partial charge is 0.293 e. The molecule has 0 aliphatic rings. The number of para-hydroxylation sites is 3. The number of aromatic nitrogens is 1. The zero-order valence-corrected chi connectivity index (χ0v) is 12.9. The first-order valence-electron chi connectivity index (χ1n) is 7.21. The molecule has 0 bridgehead atoms. The van der Waals surface area contributed by atoms with Crippen molar-refractivity contribution in [2.45, 2.75) is 13.8 Å². The Bertz CT molecular complexity index is 825. The number of hydrogen-bond acceptors (Lipinski definition) is 4. The highest BCUT2D eigenvalue weighted by Gasteiger charge is 2.17. The molecule has 0 radical (unpaired) electrons. The van der Waals surface area contributed by atoms with Gasteiger partial charge < -0.3 is 14.5 Å². The Morgan fingerprint density at radius 1 is 1.04 bits per heavy atom. The van der Waals surface area contributed by atoms with Crippen LogP contribution in [0, 0.1) is 13.8 Å². The molecule has 5 nitrogen and oxygen atoms in total. The number of carbonyl (C=O) groups is 1. The summed E-state index contributed by atoms with van der Waals surface area (Å²) in [6, 6.07) is 16.6. The third-order valence-corrected chi connectivity index (χ3v) is 3.22. The van der Waals surface area contributed by atoms with Gasteiger partial charge in [-0.25, -0.2) is 4.98 Å². The number of hydrogen-bond donors (Lipinski definition) is 1. The molecule has 116 valence electrons. The van der Waals surface area contributed by atoms with Crippen LogP contribution in [0.5, 0.6) is 11.5 Å². The Morgan fingerprint density at radius 3 is 2.43 bits per heavy atom. The van der Waals surface area contributed by atoms with E-state index in [1.807, 2.05) is 42.5 Å². The molecule has 0 saturated heterocycles. The van der Waals surface area contributed by atoms with Gasteiger partial charge in [-0.1, -0.05) is 30.3 Å². The molecule has 3 rings (SSSR count). The van der Waals surface area contributed by atoms with Crippen molar-refractivity contribution in [2.75, 3.05) is 5.32 Å². The number of nitrogens with one attached hydrogen (secondary N) is 1. The molecule has 1 amide bonds.